The zero-order valence-electron chi connectivity index (χ0n) is 11.5. The first-order valence-corrected chi connectivity index (χ1v) is 6.21. The molecule has 1 aromatic rings. The highest BCUT2D eigenvalue weighted by molar-refractivity contribution is 5.32. The predicted octanol–water partition coefficient (Wildman–Crippen LogP) is 3.65. The molecule has 2 atom stereocenters. The van der Waals surface area contributed by atoms with Crippen LogP contribution < -0.4 is 5.32 Å². The van der Waals surface area contributed by atoms with Gasteiger partial charge in [-0.1, -0.05) is 39.0 Å². The molecule has 0 bridgehead atoms. The zero-order valence-corrected chi connectivity index (χ0v) is 11.5. The van der Waals surface area contributed by atoms with E-state index in [1.54, 1.807) is 0 Å². The molecule has 0 aliphatic heterocycles. The Hall–Kier alpha value is -0.820. The van der Waals surface area contributed by atoms with Gasteiger partial charge in [-0.2, -0.15) is 0 Å². The summed E-state index contributed by atoms with van der Waals surface area (Å²) in [6, 6.07) is 7.36. The Morgan fingerprint density at radius 2 is 1.62 bits per heavy atom. The van der Waals surface area contributed by atoms with E-state index in [1.165, 1.54) is 16.7 Å². The second kappa shape index (κ2) is 5.49. The molecule has 0 aliphatic carbocycles. The summed E-state index contributed by atoms with van der Waals surface area (Å²) in [6.45, 7) is 11.2. The summed E-state index contributed by atoms with van der Waals surface area (Å²) in [5.74, 6) is 1.21. The van der Waals surface area contributed by atoms with E-state index < -0.39 is 0 Å². The maximum Gasteiger partial charge on any atom is 0.0153 e. The SMILES string of the molecule is CNC(C(C)C)C(C)c1ccc(C)c(C)c1. The molecule has 0 radical (unpaired) electrons. The minimum atomic E-state index is 0.544. The molecule has 90 valence electrons. The van der Waals surface area contributed by atoms with Crippen molar-refractivity contribution < 1.29 is 0 Å². The summed E-state index contributed by atoms with van der Waals surface area (Å²) in [7, 11) is 2.06. The Kier molecular flexibility index (Phi) is 4.55. The Bertz CT molecular complexity index is 341. The summed E-state index contributed by atoms with van der Waals surface area (Å²) in [4.78, 5) is 0. The fourth-order valence-electron chi connectivity index (χ4n) is 2.42. The van der Waals surface area contributed by atoms with Gasteiger partial charge in [0.15, 0.2) is 0 Å². The lowest BCUT2D eigenvalue weighted by molar-refractivity contribution is 0.376. The van der Waals surface area contributed by atoms with E-state index in [0.717, 1.165) is 0 Å². The Balaban J connectivity index is 2.94. The fraction of sp³-hybridized carbons (Fsp3) is 0.600. The lowest BCUT2D eigenvalue weighted by Gasteiger charge is -2.28. The predicted molar refractivity (Wildman–Crippen MR) is 72.0 cm³/mol. The van der Waals surface area contributed by atoms with Crippen LogP contribution in [0.1, 0.15) is 43.4 Å². The van der Waals surface area contributed by atoms with Crippen LogP contribution in [0.5, 0.6) is 0 Å². The molecule has 0 aromatic heterocycles. The van der Waals surface area contributed by atoms with Crippen molar-refractivity contribution in [3.05, 3.63) is 34.9 Å². The van der Waals surface area contributed by atoms with E-state index in [-0.39, 0.29) is 0 Å². The first-order chi connectivity index (χ1) is 7.47. The first kappa shape index (κ1) is 13.2. The van der Waals surface area contributed by atoms with Crippen LogP contribution in [-0.2, 0) is 0 Å². The molecule has 1 N–H and O–H groups in total. The molecule has 0 spiro atoms. The zero-order chi connectivity index (χ0) is 12.3. The van der Waals surface area contributed by atoms with Crippen molar-refractivity contribution in [2.24, 2.45) is 5.92 Å². The van der Waals surface area contributed by atoms with Crippen molar-refractivity contribution in [3.63, 3.8) is 0 Å². The third kappa shape index (κ3) is 2.85. The molecular formula is C15H25N. The van der Waals surface area contributed by atoms with Crippen LogP contribution in [0.15, 0.2) is 18.2 Å². The maximum atomic E-state index is 3.43. The Morgan fingerprint density at radius 1 is 1.00 bits per heavy atom. The molecule has 2 unspecified atom stereocenters. The second-order valence-corrected chi connectivity index (χ2v) is 5.19. The molecule has 1 heteroatoms. The van der Waals surface area contributed by atoms with Crippen molar-refractivity contribution in [1.29, 1.82) is 0 Å². The molecule has 0 fully saturated rings. The quantitative estimate of drug-likeness (QED) is 0.815. The van der Waals surface area contributed by atoms with Crippen LogP contribution in [0.25, 0.3) is 0 Å². The van der Waals surface area contributed by atoms with Crippen molar-refractivity contribution >= 4 is 0 Å². The highest BCUT2D eigenvalue weighted by atomic mass is 14.9. The fourth-order valence-corrected chi connectivity index (χ4v) is 2.42. The highest BCUT2D eigenvalue weighted by Crippen LogP contribution is 2.25. The largest absolute Gasteiger partial charge is 0.316 e. The average Bonchev–Trinajstić information content (AvgIpc) is 2.22. The van der Waals surface area contributed by atoms with Gasteiger partial charge in [0.25, 0.3) is 0 Å². The normalized spacial score (nSPS) is 15.2. The lowest BCUT2D eigenvalue weighted by atomic mass is 9.85. The van der Waals surface area contributed by atoms with Crippen molar-refractivity contribution in [2.75, 3.05) is 7.05 Å². The second-order valence-electron chi connectivity index (χ2n) is 5.19. The van der Waals surface area contributed by atoms with Crippen molar-refractivity contribution in [2.45, 2.75) is 46.6 Å². The average molecular weight is 219 g/mol. The third-order valence-corrected chi connectivity index (χ3v) is 3.65. The van der Waals surface area contributed by atoms with Crippen LogP contribution in [0, 0.1) is 19.8 Å². The summed E-state index contributed by atoms with van der Waals surface area (Å²) in [5, 5.41) is 3.43. The molecule has 1 rings (SSSR count). The molecule has 0 heterocycles. The van der Waals surface area contributed by atoms with E-state index in [4.69, 9.17) is 0 Å². The van der Waals surface area contributed by atoms with Gasteiger partial charge in [0.05, 0.1) is 0 Å². The van der Waals surface area contributed by atoms with Gasteiger partial charge < -0.3 is 5.32 Å². The monoisotopic (exact) mass is 219 g/mol. The maximum absolute atomic E-state index is 3.43. The minimum absolute atomic E-state index is 0.544. The van der Waals surface area contributed by atoms with E-state index >= 15 is 0 Å². The standard InChI is InChI=1S/C15H25N/c1-10(2)15(16-6)13(5)14-8-7-11(3)12(4)9-14/h7-10,13,15-16H,1-6H3. The van der Waals surface area contributed by atoms with Gasteiger partial charge in [-0.15, -0.1) is 0 Å². The van der Waals surface area contributed by atoms with Crippen molar-refractivity contribution in [1.82, 2.24) is 5.32 Å². The third-order valence-electron chi connectivity index (χ3n) is 3.65. The smallest absolute Gasteiger partial charge is 0.0153 e. The molecule has 0 aliphatic rings. The van der Waals surface area contributed by atoms with Gasteiger partial charge in [-0.25, -0.2) is 0 Å². The molecule has 0 saturated carbocycles. The van der Waals surface area contributed by atoms with E-state index in [1.807, 2.05) is 0 Å². The molecular weight excluding hydrogens is 194 g/mol. The molecule has 16 heavy (non-hydrogen) atoms. The first-order valence-electron chi connectivity index (χ1n) is 6.21. The van der Waals surface area contributed by atoms with Crippen LogP contribution >= 0.6 is 0 Å². The Labute approximate surface area is 100 Å². The summed E-state index contributed by atoms with van der Waals surface area (Å²) in [6.07, 6.45) is 0. The number of aryl methyl sites for hydroxylation is 2. The van der Waals surface area contributed by atoms with E-state index in [2.05, 4.69) is 65.2 Å². The number of rotatable bonds is 4. The van der Waals surface area contributed by atoms with Gasteiger partial charge in [-0.05, 0) is 49.4 Å². The molecule has 0 saturated heterocycles. The summed E-state index contributed by atoms with van der Waals surface area (Å²) < 4.78 is 0. The molecule has 1 nitrogen and oxygen atoms in total. The van der Waals surface area contributed by atoms with Gasteiger partial charge in [0, 0.05) is 6.04 Å². The van der Waals surface area contributed by atoms with Crippen LogP contribution in [0.3, 0.4) is 0 Å². The highest BCUT2D eigenvalue weighted by Gasteiger charge is 2.20. The van der Waals surface area contributed by atoms with Gasteiger partial charge in [0.1, 0.15) is 0 Å². The van der Waals surface area contributed by atoms with E-state index in [9.17, 15) is 0 Å². The minimum Gasteiger partial charge on any atom is -0.316 e. The molecule has 1 aromatic carbocycles. The van der Waals surface area contributed by atoms with Crippen LogP contribution in [0.4, 0.5) is 0 Å². The van der Waals surface area contributed by atoms with Gasteiger partial charge in [-0.3, -0.25) is 0 Å². The number of likely N-dealkylation sites (N-methyl/N-ethyl adjacent to an activating group) is 1. The Morgan fingerprint density at radius 3 is 2.06 bits per heavy atom. The molecule has 0 amide bonds. The number of hydrogen-bond donors (Lipinski definition) is 1. The van der Waals surface area contributed by atoms with Gasteiger partial charge in [0.2, 0.25) is 0 Å². The van der Waals surface area contributed by atoms with Crippen molar-refractivity contribution in [3.8, 4) is 0 Å². The van der Waals surface area contributed by atoms with Crippen LogP contribution in [0.2, 0.25) is 0 Å². The summed E-state index contributed by atoms with van der Waals surface area (Å²) >= 11 is 0. The van der Waals surface area contributed by atoms with E-state index in [0.29, 0.717) is 17.9 Å². The van der Waals surface area contributed by atoms with Crippen LogP contribution in [-0.4, -0.2) is 13.1 Å². The lowest BCUT2D eigenvalue weighted by Crippen LogP contribution is -2.35. The topological polar surface area (TPSA) is 12.0 Å². The summed E-state index contributed by atoms with van der Waals surface area (Å²) in [5.41, 5.74) is 4.21. The number of nitrogens with one attached hydrogen (secondary N) is 1. The number of hydrogen-bond acceptors (Lipinski definition) is 1. The van der Waals surface area contributed by atoms with Gasteiger partial charge >= 0.3 is 0 Å². The number of benzene rings is 1.